The van der Waals surface area contributed by atoms with E-state index < -0.39 is 27.8 Å². The molecule has 0 aliphatic carbocycles. The van der Waals surface area contributed by atoms with Gasteiger partial charge in [0.15, 0.2) is 0 Å². The molecule has 4 N–H and O–H groups in total. The first-order chi connectivity index (χ1) is 14.9. The number of halogens is 3. The lowest BCUT2D eigenvalue weighted by Gasteiger charge is -2.14. The number of hydrogen-bond donors (Lipinski definition) is 4. The molecule has 172 valence electrons. The number of carbonyl (C=O) groups excluding carboxylic acids is 1. The molecule has 0 bridgehead atoms. The van der Waals surface area contributed by atoms with E-state index in [9.17, 15) is 26.4 Å². The fourth-order valence-corrected chi connectivity index (χ4v) is 3.54. The molecule has 7 nitrogen and oxygen atoms in total. The first-order valence-electron chi connectivity index (χ1n) is 9.44. The summed E-state index contributed by atoms with van der Waals surface area (Å²) < 4.78 is 65.2. The molecule has 0 saturated heterocycles. The fraction of sp³-hybridized carbons (Fsp3) is 0.238. The molecule has 2 aromatic rings. The quantitative estimate of drug-likeness (QED) is 0.422. The summed E-state index contributed by atoms with van der Waals surface area (Å²) in [5, 5.41) is 12.8. The number of allylic oxidation sites excluding steroid dienone is 1. The standard InChI is InChI=1S/C21H23F3N4O3S/c1-14-3-5-15(6-4-14)18(13-19(25)21(22,23)24)27-16-7-9-17(10-8-16)32(30,31)28-20(29)11-12-26-2/h3-10,13,25-27H,11-12H2,1-2H3,(H,28,29)/b18-13-,25-19?. The number of anilines is 1. The van der Waals surface area contributed by atoms with Crippen molar-refractivity contribution in [3.05, 3.63) is 65.7 Å². The van der Waals surface area contributed by atoms with E-state index in [0.717, 1.165) is 5.56 Å². The number of amides is 1. The van der Waals surface area contributed by atoms with E-state index in [2.05, 4.69) is 10.6 Å². The summed E-state index contributed by atoms with van der Waals surface area (Å²) in [7, 11) is -2.46. The SMILES string of the molecule is CNCCC(=O)NS(=O)(=O)c1ccc(N/C(=C\C(=N)C(F)(F)F)c2ccc(C)cc2)cc1. The predicted molar refractivity (Wildman–Crippen MR) is 117 cm³/mol. The minimum absolute atomic E-state index is 0.0169. The molecule has 2 aromatic carbocycles. The maximum atomic E-state index is 12.9. The van der Waals surface area contributed by atoms with Gasteiger partial charge in [-0.05, 0) is 49.9 Å². The minimum Gasteiger partial charge on any atom is -0.355 e. The Morgan fingerprint density at radius 2 is 1.66 bits per heavy atom. The second kappa shape index (κ2) is 10.4. The van der Waals surface area contributed by atoms with Crippen LogP contribution in [0.5, 0.6) is 0 Å². The van der Waals surface area contributed by atoms with Crippen molar-refractivity contribution in [2.24, 2.45) is 0 Å². The number of benzene rings is 2. The minimum atomic E-state index is -4.82. The van der Waals surface area contributed by atoms with E-state index in [-0.39, 0.29) is 17.0 Å². The number of carbonyl (C=O) groups is 1. The van der Waals surface area contributed by atoms with Crippen molar-refractivity contribution < 1.29 is 26.4 Å². The van der Waals surface area contributed by atoms with Crippen LogP contribution in [0, 0.1) is 12.3 Å². The average molecular weight is 469 g/mol. The van der Waals surface area contributed by atoms with Crippen molar-refractivity contribution in [2.75, 3.05) is 18.9 Å². The molecular weight excluding hydrogens is 445 g/mol. The Kier molecular flexibility index (Phi) is 8.17. The molecule has 0 atom stereocenters. The van der Waals surface area contributed by atoms with E-state index in [1.165, 1.54) is 24.3 Å². The second-order valence-electron chi connectivity index (χ2n) is 6.87. The molecule has 1 amide bonds. The third-order valence-electron chi connectivity index (χ3n) is 4.25. The Balaban J connectivity index is 2.27. The molecule has 2 rings (SSSR count). The topological polar surface area (TPSA) is 111 Å². The van der Waals surface area contributed by atoms with E-state index in [1.807, 2.05) is 11.6 Å². The highest BCUT2D eigenvalue weighted by Crippen LogP contribution is 2.24. The van der Waals surface area contributed by atoms with Crippen LogP contribution >= 0.6 is 0 Å². The van der Waals surface area contributed by atoms with E-state index in [4.69, 9.17) is 5.41 Å². The van der Waals surface area contributed by atoms with Crippen molar-refractivity contribution in [1.82, 2.24) is 10.0 Å². The van der Waals surface area contributed by atoms with E-state index in [1.54, 1.807) is 31.3 Å². The lowest BCUT2D eigenvalue weighted by molar-refractivity contribution is -0.119. The van der Waals surface area contributed by atoms with Gasteiger partial charge in [0.25, 0.3) is 10.0 Å². The number of alkyl halides is 3. The first kappa shape index (κ1) is 25.1. The van der Waals surface area contributed by atoms with E-state index in [0.29, 0.717) is 23.9 Å². The highest BCUT2D eigenvalue weighted by Gasteiger charge is 2.33. The molecule has 0 aromatic heterocycles. The summed E-state index contributed by atoms with van der Waals surface area (Å²) in [5.74, 6) is -0.670. The normalized spacial score (nSPS) is 12.3. The molecule has 0 fully saturated rings. The summed E-state index contributed by atoms with van der Waals surface area (Å²) in [6, 6.07) is 11.8. The summed E-state index contributed by atoms with van der Waals surface area (Å²) >= 11 is 0. The summed E-state index contributed by atoms with van der Waals surface area (Å²) in [6.45, 7) is 2.14. The molecule has 11 heteroatoms. The van der Waals surface area contributed by atoms with Gasteiger partial charge in [-0.15, -0.1) is 0 Å². The van der Waals surface area contributed by atoms with Crippen LogP contribution in [-0.2, 0) is 14.8 Å². The van der Waals surface area contributed by atoms with Gasteiger partial charge in [-0.2, -0.15) is 13.2 Å². The molecule has 0 radical (unpaired) electrons. The highest BCUT2D eigenvalue weighted by atomic mass is 32.2. The highest BCUT2D eigenvalue weighted by molar-refractivity contribution is 7.90. The first-order valence-corrected chi connectivity index (χ1v) is 10.9. The van der Waals surface area contributed by atoms with Gasteiger partial charge in [0.05, 0.1) is 4.90 Å². The molecule has 0 heterocycles. The summed E-state index contributed by atoms with van der Waals surface area (Å²) in [4.78, 5) is 11.5. The molecule has 0 aliphatic heterocycles. The van der Waals surface area contributed by atoms with Crippen molar-refractivity contribution in [3.63, 3.8) is 0 Å². The van der Waals surface area contributed by atoms with Gasteiger partial charge >= 0.3 is 6.18 Å². The van der Waals surface area contributed by atoms with Gasteiger partial charge in [0, 0.05) is 24.4 Å². The van der Waals surface area contributed by atoms with Gasteiger partial charge in [-0.25, -0.2) is 13.1 Å². The Morgan fingerprint density at radius 1 is 1.06 bits per heavy atom. The predicted octanol–water partition coefficient (Wildman–Crippen LogP) is 3.44. The van der Waals surface area contributed by atoms with Crippen LogP contribution in [0.15, 0.2) is 59.5 Å². The Labute approximate surface area is 184 Å². The van der Waals surface area contributed by atoms with Crippen LogP contribution in [0.25, 0.3) is 5.70 Å². The molecule has 32 heavy (non-hydrogen) atoms. The van der Waals surface area contributed by atoms with Gasteiger partial charge in [0.2, 0.25) is 5.91 Å². The largest absolute Gasteiger partial charge is 0.432 e. The maximum Gasteiger partial charge on any atom is 0.432 e. The van der Waals surface area contributed by atoms with Crippen LogP contribution in [-0.4, -0.2) is 39.8 Å². The molecule has 0 unspecified atom stereocenters. The maximum absolute atomic E-state index is 12.9. The third-order valence-corrected chi connectivity index (χ3v) is 5.64. The van der Waals surface area contributed by atoms with Crippen LogP contribution < -0.4 is 15.4 Å². The number of aryl methyl sites for hydroxylation is 1. The van der Waals surface area contributed by atoms with Gasteiger partial charge in [0.1, 0.15) is 5.71 Å². The zero-order chi connectivity index (χ0) is 23.9. The number of rotatable bonds is 9. The van der Waals surface area contributed by atoms with Crippen molar-refractivity contribution in [1.29, 1.82) is 5.41 Å². The van der Waals surface area contributed by atoms with Gasteiger partial charge in [-0.3, -0.25) is 10.2 Å². The fourth-order valence-electron chi connectivity index (χ4n) is 2.52. The molecule has 0 spiro atoms. The number of hydrogen-bond acceptors (Lipinski definition) is 6. The van der Waals surface area contributed by atoms with Crippen molar-refractivity contribution >= 4 is 33.0 Å². The number of nitrogens with one attached hydrogen (secondary N) is 4. The molecule has 0 aliphatic rings. The van der Waals surface area contributed by atoms with Crippen molar-refractivity contribution in [3.8, 4) is 0 Å². The molecular formula is C21H23F3N4O3S. The Morgan fingerprint density at radius 3 is 2.19 bits per heavy atom. The number of sulfonamides is 1. The van der Waals surface area contributed by atoms with Gasteiger partial charge < -0.3 is 10.6 Å². The van der Waals surface area contributed by atoms with Crippen molar-refractivity contribution in [2.45, 2.75) is 24.4 Å². The smallest absolute Gasteiger partial charge is 0.355 e. The molecule has 0 saturated carbocycles. The van der Waals surface area contributed by atoms with Crippen LogP contribution in [0.4, 0.5) is 18.9 Å². The van der Waals surface area contributed by atoms with E-state index >= 15 is 0 Å². The summed E-state index contributed by atoms with van der Waals surface area (Å²) in [5.41, 5.74) is 0.100. The third kappa shape index (κ3) is 7.20. The Bertz CT molecular complexity index is 1090. The second-order valence-corrected chi connectivity index (χ2v) is 8.55. The Hall–Kier alpha value is -3.18. The lowest BCUT2D eigenvalue weighted by Crippen LogP contribution is -2.32. The summed E-state index contributed by atoms with van der Waals surface area (Å²) in [6.07, 6.45) is -4.18. The van der Waals surface area contributed by atoms with Crippen LogP contribution in [0.2, 0.25) is 0 Å². The zero-order valence-corrected chi connectivity index (χ0v) is 18.2. The van der Waals surface area contributed by atoms with Crippen LogP contribution in [0.1, 0.15) is 17.5 Å². The lowest BCUT2D eigenvalue weighted by atomic mass is 10.1. The average Bonchev–Trinajstić information content (AvgIpc) is 2.71. The zero-order valence-electron chi connectivity index (χ0n) is 17.4. The van der Waals surface area contributed by atoms with Gasteiger partial charge in [-0.1, -0.05) is 29.8 Å². The van der Waals surface area contributed by atoms with Crippen LogP contribution in [0.3, 0.4) is 0 Å². The monoisotopic (exact) mass is 468 g/mol.